The summed E-state index contributed by atoms with van der Waals surface area (Å²) in [5.41, 5.74) is 12.9. The summed E-state index contributed by atoms with van der Waals surface area (Å²) in [6.45, 7) is 15.6. The maximum atomic E-state index is 6.48. The molecular weight excluding hydrogens is 774 g/mol. The highest BCUT2D eigenvalue weighted by Crippen LogP contribution is 2.34. The first-order valence-electron chi connectivity index (χ1n) is 20.4. The molecule has 1 unspecified atom stereocenters. The third-order valence-corrected chi connectivity index (χ3v) is 11.3. The molecule has 0 radical (unpaired) electrons. The van der Waals surface area contributed by atoms with Gasteiger partial charge in [-0.25, -0.2) is 9.97 Å². The maximum Gasteiger partial charge on any atom is 0.229 e. The number of fused-ring (bicyclic) bond motifs is 2. The van der Waals surface area contributed by atoms with Gasteiger partial charge in [0, 0.05) is 63.5 Å². The van der Waals surface area contributed by atoms with Crippen molar-refractivity contribution in [1.29, 1.82) is 0 Å². The highest BCUT2D eigenvalue weighted by molar-refractivity contribution is 6.33. The Morgan fingerprint density at radius 1 is 0.661 bits per heavy atom. The fourth-order valence-electron chi connectivity index (χ4n) is 7.72. The van der Waals surface area contributed by atoms with Gasteiger partial charge in [0.1, 0.15) is 11.6 Å². The molecule has 4 N–H and O–H groups in total. The van der Waals surface area contributed by atoms with Crippen LogP contribution in [0.4, 0.5) is 23.5 Å². The molecule has 17 nitrogen and oxygen atoms in total. The first kappa shape index (κ1) is 39.3. The number of benzene rings is 2. The standard InChI is InChI=1S/C21H25ClN6O2.C20H25N7O2/c1-13-3-4-16(22)15(11-13)18-23-17-19(24-18)25-21(27-5-8-29-9-6-27)26-20(17)28-7-10-30-12-14(28)2;21-13-14-2-1-3-15(12-14)17-22-16-18(23-17)24-20(27-6-10-29-11-7-27)25-19(16)26-4-8-28-9-5-26/h3-4,11,14H,5-10,12H2,1-2H3,(H,23,24,25,26);1-3,12H,4-11,13,21H2,(H,22,23,24,25). The van der Waals surface area contributed by atoms with Crippen LogP contribution in [0.5, 0.6) is 0 Å². The van der Waals surface area contributed by atoms with Gasteiger partial charge in [-0.15, -0.1) is 0 Å². The second kappa shape index (κ2) is 17.6. The number of aromatic amines is 2. The van der Waals surface area contributed by atoms with Crippen LogP contribution in [0.1, 0.15) is 18.1 Å². The molecule has 2 aromatic carbocycles. The van der Waals surface area contributed by atoms with E-state index in [1.165, 1.54) is 0 Å². The van der Waals surface area contributed by atoms with Gasteiger partial charge in [0.2, 0.25) is 11.9 Å². The van der Waals surface area contributed by atoms with E-state index in [-0.39, 0.29) is 6.04 Å². The van der Waals surface area contributed by atoms with Gasteiger partial charge in [-0.2, -0.15) is 19.9 Å². The number of hydrogen-bond acceptors (Lipinski definition) is 15. The Balaban J connectivity index is 0.000000152. The number of nitrogens with two attached hydrogens (primary N) is 1. The van der Waals surface area contributed by atoms with Gasteiger partial charge >= 0.3 is 0 Å². The molecule has 0 saturated carbocycles. The number of ether oxygens (including phenoxy) is 4. The van der Waals surface area contributed by atoms with Crippen LogP contribution in [-0.4, -0.2) is 145 Å². The Morgan fingerprint density at radius 3 is 1.88 bits per heavy atom. The molecule has 0 spiro atoms. The summed E-state index contributed by atoms with van der Waals surface area (Å²) in [6.07, 6.45) is 0. The first-order chi connectivity index (χ1) is 28.9. The zero-order valence-electron chi connectivity index (χ0n) is 33.5. The second-order valence-corrected chi connectivity index (χ2v) is 15.5. The van der Waals surface area contributed by atoms with E-state index in [2.05, 4.69) is 42.6 Å². The summed E-state index contributed by atoms with van der Waals surface area (Å²) in [7, 11) is 0. The number of anilines is 4. The molecule has 310 valence electrons. The largest absolute Gasteiger partial charge is 0.378 e. The van der Waals surface area contributed by atoms with E-state index in [4.69, 9.17) is 66.2 Å². The lowest BCUT2D eigenvalue weighted by atomic mass is 10.1. The van der Waals surface area contributed by atoms with Crippen molar-refractivity contribution in [2.24, 2.45) is 5.73 Å². The van der Waals surface area contributed by atoms with Crippen LogP contribution in [0.25, 0.3) is 45.1 Å². The van der Waals surface area contributed by atoms with E-state index >= 15 is 0 Å². The van der Waals surface area contributed by atoms with Gasteiger partial charge in [0.25, 0.3) is 0 Å². The molecule has 59 heavy (non-hydrogen) atoms. The summed E-state index contributed by atoms with van der Waals surface area (Å²) in [5, 5.41) is 0.655. The normalized spacial score (nSPS) is 19.0. The van der Waals surface area contributed by atoms with Gasteiger partial charge in [-0.1, -0.05) is 41.4 Å². The number of halogens is 1. The second-order valence-electron chi connectivity index (χ2n) is 15.1. The van der Waals surface area contributed by atoms with E-state index in [0.717, 1.165) is 102 Å². The smallest absolute Gasteiger partial charge is 0.229 e. The molecular formula is C41H50ClN13O4. The molecule has 1 atom stereocenters. The highest BCUT2D eigenvalue weighted by atomic mass is 35.5. The lowest BCUT2D eigenvalue weighted by Gasteiger charge is -2.35. The van der Waals surface area contributed by atoms with Gasteiger partial charge in [0.15, 0.2) is 34.0 Å². The zero-order valence-corrected chi connectivity index (χ0v) is 34.2. The van der Waals surface area contributed by atoms with E-state index in [9.17, 15) is 0 Å². The number of nitrogens with zero attached hydrogens (tertiary/aromatic N) is 10. The Kier molecular flexibility index (Phi) is 11.7. The topological polar surface area (TPSA) is 185 Å². The molecule has 4 aromatic heterocycles. The SMILES string of the molecule is Cc1ccc(Cl)c(-c2nc3c(N4CCOCC4C)nc(N4CCOCC4)nc3[nH]2)c1.NCc1cccc(-c2nc3c(N4CCOCC4)nc(N4CCOCC4)nc3[nH]2)c1. The van der Waals surface area contributed by atoms with Crippen molar-refractivity contribution in [3.05, 3.63) is 58.6 Å². The third kappa shape index (κ3) is 8.49. The number of rotatable bonds is 7. The Hall–Kier alpha value is -5.17. The fraction of sp³-hybridized carbons (Fsp3) is 0.463. The van der Waals surface area contributed by atoms with Crippen molar-refractivity contribution in [2.75, 3.05) is 118 Å². The zero-order chi connectivity index (χ0) is 40.3. The van der Waals surface area contributed by atoms with E-state index in [1.54, 1.807) is 0 Å². The highest BCUT2D eigenvalue weighted by Gasteiger charge is 2.28. The third-order valence-electron chi connectivity index (χ3n) is 11.0. The maximum absolute atomic E-state index is 6.48. The van der Waals surface area contributed by atoms with Gasteiger partial charge in [-0.05, 0) is 37.6 Å². The van der Waals surface area contributed by atoms with Crippen LogP contribution in [0.15, 0.2) is 42.5 Å². The molecule has 10 rings (SSSR count). The van der Waals surface area contributed by atoms with Crippen molar-refractivity contribution in [3.63, 3.8) is 0 Å². The molecule has 6 aromatic rings. The van der Waals surface area contributed by atoms with Crippen LogP contribution < -0.4 is 25.3 Å². The predicted molar refractivity (Wildman–Crippen MR) is 229 cm³/mol. The van der Waals surface area contributed by atoms with Crippen LogP contribution in [0.2, 0.25) is 5.02 Å². The monoisotopic (exact) mass is 823 g/mol. The van der Waals surface area contributed by atoms with E-state index in [1.807, 2.05) is 43.3 Å². The predicted octanol–water partition coefficient (Wildman–Crippen LogP) is 4.20. The molecule has 4 aliphatic rings. The van der Waals surface area contributed by atoms with E-state index in [0.29, 0.717) is 87.8 Å². The minimum atomic E-state index is 0.206. The number of H-pyrrole nitrogens is 2. The van der Waals surface area contributed by atoms with Crippen LogP contribution in [0, 0.1) is 6.92 Å². The first-order valence-corrected chi connectivity index (χ1v) is 20.7. The summed E-state index contributed by atoms with van der Waals surface area (Å²) >= 11 is 6.48. The number of morpholine rings is 4. The number of nitrogens with one attached hydrogen (secondary N) is 2. The molecule has 8 heterocycles. The number of aromatic nitrogens is 8. The van der Waals surface area contributed by atoms with Gasteiger partial charge in [-0.3, -0.25) is 0 Å². The molecule has 4 aliphatic heterocycles. The molecule has 18 heteroatoms. The molecule has 0 bridgehead atoms. The van der Waals surface area contributed by atoms with E-state index < -0.39 is 0 Å². The van der Waals surface area contributed by atoms with Crippen LogP contribution in [0.3, 0.4) is 0 Å². The van der Waals surface area contributed by atoms with Crippen LogP contribution in [-0.2, 0) is 25.5 Å². The fourth-order valence-corrected chi connectivity index (χ4v) is 7.93. The summed E-state index contributed by atoms with van der Waals surface area (Å²) in [4.78, 5) is 44.9. The van der Waals surface area contributed by atoms with Crippen molar-refractivity contribution >= 4 is 57.5 Å². The molecule has 0 aliphatic carbocycles. The Morgan fingerprint density at radius 2 is 1.24 bits per heavy atom. The number of hydrogen-bond donors (Lipinski definition) is 3. The lowest BCUT2D eigenvalue weighted by molar-refractivity contribution is 0.0986. The molecule has 4 fully saturated rings. The quantitative estimate of drug-likeness (QED) is 0.208. The minimum absolute atomic E-state index is 0.206. The van der Waals surface area contributed by atoms with Crippen molar-refractivity contribution in [2.45, 2.75) is 26.4 Å². The number of aryl methyl sites for hydroxylation is 1. The van der Waals surface area contributed by atoms with Crippen molar-refractivity contribution in [1.82, 2.24) is 39.9 Å². The summed E-state index contributed by atoms with van der Waals surface area (Å²) in [6, 6.07) is 14.2. The number of imidazole rings is 2. The molecule has 4 saturated heterocycles. The molecule has 0 amide bonds. The lowest BCUT2D eigenvalue weighted by Crippen LogP contribution is -2.44. The Labute approximate surface area is 347 Å². The van der Waals surface area contributed by atoms with Crippen molar-refractivity contribution in [3.8, 4) is 22.8 Å². The van der Waals surface area contributed by atoms with Gasteiger partial charge in [0.05, 0.1) is 63.9 Å². The average molecular weight is 824 g/mol. The van der Waals surface area contributed by atoms with Crippen molar-refractivity contribution < 1.29 is 18.9 Å². The van der Waals surface area contributed by atoms with Gasteiger partial charge < -0.3 is 54.2 Å². The Bertz CT molecular complexity index is 2390. The summed E-state index contributed by atoms with van der Waals surface area (Å²) < 4.78 is 22.1. The average Bonchev–Trinajstić information content (AvgIpc) is 3.93. The summed E-state index contributed by atoms with van der Waals surface area (Å²) in [5.74, 6) is 4.59. The van der Waals surface area contributed by atoms with Crippen LogP contribution >= 0.6 is 11.6 Å². The minimum Gasteiger partial charge on any atom is -0.378 e.